The molecule has 1 rings (SSSR count). The van der Waals surface area contributed by atoms with Crippen molar-refractivity contribution in [2.45, 2.75) is 26.7 Å². The van der Waals surface area contributed by atoms with Crippen molar-refractivity contribution in [1.82, 2.24) is 0 Å². The Morgan fingerprint density at radius 3 is 2.50 bits per heavy atom. The van der Waals surface area contributed by atoms with Crippen LogP contribution in [0.4, 0.5) is 11.4 Å². The summed E-state index contributed by atoms with van der Waals surface area (Å²) < 4.78 is 0.455. The van der Waals surface area contributed by atoms with Crippen molar-refractivity contribution in [2.75, 3.05) is 30.9 Å². The Bertz CT molecular complexity index is 417. The van der Waals surface area contributed by atoms with Gasteiger partial charge >= 0.3 is 0 Å². The summed E-state index contributed by atoms with van der Waals surface area (Å²) in [6.07, 6.45) is 2.26. The molecule has 0 bridgehead atoms. The fourth-order valence-electron chi connectivity index (χ4n) is 1.69. The highest BCUT2D eigenvalue weighted by Crippen LogP contribution is 2.25. The summed E-state index contributed by atoms with van der Waals surface area (Å²) in [4.78, 5) is 13.4. The number of hydrogen-bond donors (Lipinski definition) is 1. The lowest BCUT2D eigenvalue weighted by molar-refractivity contribution is 0.567. The number of rotatable bonds is 6. The molecule has 0 saturated heterocycles. The second kappa shape index (κ2) is 5.43. The van der Waals surface area contributed by atoms with E-state index < -0.39 is 0 Å². The van der Waals surface area contributed by atoms with E-state index in [1.54, 1.807) is 0 Å². The number of anilines is 2. The molecule has 0 aliphatic heterocycles. The summed E-state index contributed by atoms with van der Waals surface area (Å²) in [6.45, 7) is 5.25. The van der Waals surface area contributed by atoms with Gasteiger partial charge in [-0.3, -0.25) is 4.79 Å². The van der Waals surface area contributed by atoms with Crippen LogP contribution in [0, 0.1) is 10.4 Å². The Hall–Kier alpha value is -0.900. The Labute approximate surface area is 102 Å². The fraction of sp³-hybridized carbons (Fsp3) is 0.667. The van der Waals surface area contributed by atoms with E-state index in [9.17, 15) is 4.79 Å². The van der Waals surface area contributed by atoms with Crippen LogP contribution in [0.1, 0.15) is 26.7 Å². The molecule has 0 saturated carbocycles. The molecule has 90 valence electrons. The highest BCUT2D eigenvalue weighted by molar-refractivity contribution is 7.71. The quantitative estimate of drug-likeness (QED) is 0.612. The number of nitrogens with one attached hydrogen (secondary N) is 1. The van der Waals surface area contributed by atoms with Crippen molar-refractivity contribution >= 4 is 23.6 Å². The van der Waals surface area contributed by atoms with Crippen LogP contribution in [0.2, 0.25) is 0 Å². The van der Waals surface area contributed by atoms with E-state index in [1.165, 1.54) is 6.42 Å². The van der Waals surface area contributed by atoms with Gasteiger partial charge in [-0.15, -0.1) is 0 Å². The molecule has 1 aromatic rings. The highest BCUT2D eigenvalue weighted by Gasteiger charge is 2.18. The fourth-order valence-corrected chi connectivity index (χ4v) is 2.08. The molecule has 0 radical (unpaired) electrons. The third kappa shape index (κ3) is 2.82. The molecule has 0 aromatic heterocycles. The summed E-state index contributed by atoms with van der Waals surface area (Å²) in [5, 5.41) is 3.19. The first-order chi connectivity index (χ1) is 7.45. The van der Waals surface area contributed by atoms with E-state index in [1.807, 2.05) is 19.0 Å². The van der Waals surface area contributed by atoms with E-state index in [-0.39, 0.29) is 5.43 Å². The van der Waals surface area contributed by atoms with Crippen molar-refractivity contribution in [1.29, 1.82) is 0 Å². The standard InChI is InChI=1S/C12H20N2OS/c1-8(2)6-5-7-13-9-10(14(3)4)12(16)11(9)15/h8,13H,5-7H2,1-4H3. The van der Waals surface area contributed by atoms with Crippen LogP contribution in [-0.4, -0.2) is 20.6 Å². The molecule has 0 unspecified atom stereocenters. The zero-order valence-electron chi connectivity index (χ0n) is 10.5. The van der Waals surface area contributed by atoms with Gasteiger partial charge in [-0.05, 0) is 18.8 Å². The van der Waals surface area contributed by atoms with Crippen molar-refractivity contribution in [3.8, 4) is 0 Å². The van der Waals surface area contributed by atoms with Gasteiger partial charge in [-0.25, -0.2) is 0 Å². The first kappa shape index (κ1) is 13.2. The summed E-state index contributed by atoms with van der Waals surface area (Å²) in [5.41, 5.74) is 1.56. The minimum Gasteiger partial charge on any atom is -0.380 e. The van der Waals surface area contributed by atoms with Crippen LogP contribution < -0.4 is 15.6 Å². The second-order valence-corrected chi connectivity index (χ2v) is 5.15. The third-order valence-electron chi connectivity index (χ3n) is 2.59. The van der Waals surface area contributed by atoms with Gasteiger partial charge in [0.05, 0.1) is 5.69 Å². The molecule has 0 heterocycles. The Kier molecular flexibility index (Phi) is 4.47. The third-order valence-corrected chi connectivity index (χ3v) is 2.97. The van der Waals surface area contributed by atoms with Crippen molar-refractivity contribution < 1.29 is 0 Å². The van der Waals surface area contributed by atoms with Crippen LogP contribution >= 0.6 is 12.2 Å². The van der Waals surface area contributed by atoms with Crippen molar-refractivity contribution in [3.05, 3.63) is 14.7 Å². The monoisotopic (exact) mass is 240 g/mol. The van der Waals surface area contributed by atoms with Crippen LogP contribution in [0.3, 0.4) is 0 Å². The molecule has 4 heteroatoms. The van der Waals surface area contributed by atoms with E-state index >= 15 is 0 Å². The maximum Gasteiger partial charge on any atom is 0.223 e. The molecule has 0 aliphatic carbocycles. The predicted octanol–water partition coefficient (Wildman–Crippen LogP) is 2.57. The highest BCUT2D eigenvalue weighted by atomic mass is 32.1. The van der Waals surface area contributed by atoms with Gasteiger partial charge in [0.2, 0.25) is 5.43 Å². The average Bonchev–Trinajstić information content (AvgIpc) is 2.20. The smallest absolute Gasteiger partial charge is 0.223 e. The molecule has 0 aliphatic rings. The second-order valence-electron chi connectivity index (χ2n) is 4.74. The van der Waals surface area contributed by atoms with E-state index in [0.717, 1.165) is 18.7 Å². The molecule has 0 fully saturated rings. The Balaban J connectivity index is 2.52. The molecule has 0 amide bonds. The summed E-state index contributed by atoms with van der Waals surface area (Å²) in [7, 11) is 3.81. The maximum atomic E-state index is 11.5. The molecule has 1 N–H and O–H groups in total. The minimum absolute atomic E-state index is 0.0109. The average molecular weight is 240 g/mol. The van der Waals surface area contributed by atoms with Crippen LogP contribution in [0.5, 0.6) is 0 Å². The Morgan fingerprint density at radius 2 is 2.00 bits per heavy atom. The topological polar surface area (TPSA) is 32.3 Å². The molecule has 0 atom stereocenters. The molecule has 0 spiro atoms. The molecular weight excluding hydrogens is 220 g/mol. The van der Waals surface area contributed by atoms with E-state index in [0.29, 0.717) is 16.1 Å². The lowest BCUT2D eigenvalue weighted by Gasteiger charge is -2.20. The van der Waals surface area contributed by atoms with Gasteiger partial charge in [0, 0.05) is 20.6 Å². The molecule has 3 nitrogen and oxygen atoms in total. The van der Waals surface area contributed by atoms with Crippen LogP contribution in [0.15, 0.2) is 4.79 Å². The predicted molar refractivity (Wildman–Crippen MR) is 72.8 cm³/mol. The SMILES string of the molecule is CC(C)CCCNc1c(N(C)C)c(=S)c1=O. The summed E-state index contributed by atoms with van der Waals surface area (Å²) in [5.74, 6) is 0.710. The van der Waals surface area contributed by atoms with Gasteiger partial charge in [-0.2, -0.15) is 0 Å². The zero-order valence-corrected chi connectivity index (χ0v) is 11.3. The van der Waals surface area contributed by atoms with Crippen molar-refractivity contribution in [2.24, 2.45) is 5.92 Å². The van der Waals surface area contributed by atoms with Gasteiger partial charge < -0.3 is 10.2 Å². The largest absolute Gasteiger partial charge is 0.380 e. The van der Waals surface area contributed by atoms with Crippen LogP contribution in [-0.2, 0) is 0 Å². The lowest BCUT2D eigenvalue weighted by Crippen LogP contribution is -2.26. The van der Waals surface area contributed by atoms with E-state index in [2.05, 4.69) is 19.2 Å². The maximum absolute atomic E-state index is 11.5. The van der Waals surface area contributed by atoms with Gasteiger partial charge in [0.15, 0.2) is 0 Å². The van der Waals surface area contributed by atoms with Gasteiger partial charge in [-0.1, -0.05) is 26.1 Å². The van der Waals surface area contributed by atoms with E-state index in [4.69, 9.17) is 12.2 Å². The van der Waals surface area contributed by atoms with Crippen LogP contribution in [0.25, 0.3) is 0 Å². The zero-order chi connectivity index (χ0) is 12.3. The summed E-state index contributed by atoms with van der Waals surface area (Å²) >= 11 is 5.01. The number of nitrogens with zero attached hydrogens (tertiary/aromatic N) is 1. The summed E-state index contributed by atoms with van der Waals surface area (Å²) in [6, 6.07) is 0. The first-order valence-electron chi connectivity index (χ1n) is 5.69. The Morgan fingerprint density at radius 1 is 1.38 bits per heavy atom. The lowest BCUT2D eigenvalue weighted by atomic mass is 10.1. The number of hydrogen-bond acceptors (Lipinski definition) is 4. The normalized spacial score (nSPS) is 11.1. The molecular formula is C12H20N2OS. The molecule has 16 heavy (non-hydrogen) atoms. The van der Waals surface area contributed by atoms with Gasteiger partial charge in [0.1, 0.15) is 10.2 Å². The van der Waals surface area contributed by atoms with Gasteiger partial charge in [0.25, 0.3) is 0 Å². The first-order valence-corrected chi connectivity index (χ1v) is 6.10. The van der Waals surface area contributed by atoms with Crippen molar-refractivity contribution in [3.63, 3.8) is 0 Å². The minimum atomic E-state index is -0.0109. The molecule has 1 aromatic carbocycles.